The smallest absolute Gasteiger partial charge is 0.315 e. The van der Waals surface area contributed by atoms with Crippen LogP contribution in [0, 0.1) is 5.92 Å². The van der Waals surface area contributed by atoms with Crippen molar-refractivity contribution >= 4 is 16.8 Å². The van der Waals surface area contributed by atoms with Crippen LogP contribution >= 0.6 is 0 Å². The van der Waals surface area contributed by atoms with Gasteiger partial charge in [-0.2, -0.15) is 0 Å². The number of urea groups is 1. The molecule has 1 aliphatic carbocycles. The van der Waals surface area contributed by atoms with Crippen molar-refractivity contribution in [1.29, 1.82) is 0 Å². The average Bonchev–Trinajstić information content (AvgIpc) is 3.02. The van der Waals surface area contributed by atoms with E-state index in [1.54, 1.807) is 0 Å². The van der Waals surface area contributed by atoms with Gasteiger partial charge in [0.05, 0.1) is 6.04 Å². The molecule has 41 heavy (non-hydrogen) atoms. The van der Waals surface area contributed by atoms with Crippen molar-refractivity contribution in [3.8, 4) is 0 Å². The van der Waals surface area contributed by atoms with Crippen molar-refractivity contribution in [1.82, 2.24) is 16.0 Å². The second-order valence-corrected chi connectivity index (χ2v) is 11.6. The van der Waals surface area contributed by atoms with Gasteiger partial charge in [0.15, 0.2) is 0 Å². The van der Waals surface area contributed by atoms with Crippen LogP contribution in [0.3, 0.4) is 0 Å². The lowest BCUT2D eigenvalue weighted by atomic mass is 9.81. The highest BCUT2D eigenvalue weighted by Gasteiger charge is 2.38. The Hall–Kier alpha value is -3.67. The number of benzene rings is 4. The number of amides is 2. The zero-order chi connectivity index (χ0) is 28.7. The molecule has 0 saturated heterocycles. The molecule has 1 fully saturated rings. The molecule has 4 aromatic carbocycles. The van der Waals surface area contributed by atoms with Gasteiger partial charge in [-0.3, -0.25) is 0 Å². The number of carbonyl (C=O) groups excluding carboxylic acids is 1. The third-order valence-electron chi connectivity index (χ3n) is 8.88. The molecule has 0 aromatic heterocycles. The Morgan fingerprint density at radius 1 is 0.805 bits per heavy atom. The first-order valence-corrected chi connectivity index (χ1v) is 15.1. The van der Waals surface area contributed by atoms with Crippen molar-refractivity contribution < 1.29 is 9.90 Å². The minimum atomic E-state index is -1.34. The van der Waals surface area contributed by atoms with Crippen LogP contribution in [-0.2, 0) is 5.60 Å². The van der Waals surface area contributed by atoms with E-state index in [2.05, 4.69) is 65.3 Å². The standard InChI is InChI=1S/C36H43N3O2/c1-26(33-19-11-13-29-12-9-10-18-34(29)33)37-25-24-28-20-22-32(23-21-28)39-35(40)38-27(2)36(41,30-14-5-3-6-15-30)31-16-7-4-8-17-31/h3-19,26-28,32,37,41H,20-25H2,1-2H3,(H2,38,39,40)/t26?,27-,28?,32?/m1/s1. The van der Waals surface area contributed by atoms with E-state index in [1.165, 1.54) is 16.3 Å². The Morgan fingerprint density at radius 2 is 1.39 bits per heavy atom. The molecule has 4 aromatic rings. The fraction of sp³-hybridized carbons (Fsp3) is 0.361. The van der Waals surface area contributed by atoms with Crippen LogP contribution < -0.4 is 16.0 Å². The van der Waals surface area contributed by atoms with E-state index >= 15 is 0 Å². The van der Waals surface area contributed by atoms with Crippen LogP contribution in [0.1, 0.15) is 68.7 Å². The van der Waals surface area contributed by atoms with Gasteiger partial charge in [0.1, 0.15) is 5.60 Å². The molecule has 5 rings (SSSR count). The average molecular weight is 550 g/mol. The van der Waals surface area contributed by atoms with E-state index in [0.29, 0.717) is 12.0 Å². The highest BCUT2D eigenvalue weighted by Crippen LogP contribution is 2.33. The monoisotopic (exact) mass is 549 g/mol. The van der Waals surface area contributed by atoms with Crippen molar-refractivity contribution in [2.24, 2.45) is 5.92 Å². The van der Waals surface area contributed by atoms with Crippen LogP contribution in [0.25, 0.3) is 10.8 Å². The number of aliphatic hydroxyl groups is 1. The number of carbonyl (C=O) groups is 1. The Bertz CT molecular complexity index is 1360. The fourth-order valence-corrected chi connectivity index (χ4v) is 6.42. The van der Waals surface area contributed by atoms with Crippen molar-refractivity contribution in [2.45, 2.75) is 69.7 Å². The lowest BCUT2D eigenvalue weighted by Gasteiger charge is -2.36. The van der Waals surface area contributed by atoms with E-state index < -0.39 is 11.6 Å². The first-order chi connectivity index (χ1) is 19.9. The molecule has 0 radical (unpaired) electrons. The maximum Gasteiger partial charge on any atom is 0.315 e. The number of nitrogens with one attached hydrogen (secondary N) is 3. The van der Waals surface area contributed by atoms with Gasteiger partial charge in [0.2, 0.25) is 0 Å². The predicted octanol–water partition coefficient (Wildman–Crippen LogP) is 7.06. The van der Waals surface area contributed by atoms with Crippen molar-refractivity contribution in [3.63, 3.8) is 0 Å². The van der Waals surface area contributed by atoms with Crippen LogP contribution in [-0.4, -0.2) is 29.8 Å². The van der Waals surface area contributed by atoms with E-state index in [0.717, 1.165) is 49.8 Å². The second kappa shape index (κ2) is 13.3. The molecule has 0 heterocycles. The zero-order valence-corrected chi connectivity index (χ0v) is 24.2. The Balaban J connectivity index is 1.09. The topological polar surface area (TPSA) is 73.4 Å². The SMILES string of the molecule is CC(NCCC1CCC(NC(=O)N[C@H](C)C(O)(c2ccccc2)c2ccccc2)CC1)c1cccc2ccccc12. The Morgan fingerprint density at radius 3 is 2.05 bits per heavy atom. The number of hydrogen-bond donors (Lipinski definition) is 4. The molecule has 1 aliphatic rings. The maximum atomic E-state index is 13.0. The molecular weight excluding hydrogens is 506 g/mol. The molecular formula is C36H43N3O2. The van der Waals surface area contributed by atoms with Gasteiger partial charge >= 0.3 is 6.03 Å². The van der Waals surface area contributed by atoms with Gasteiger partial charge < -0.3 is 21.1 Å². The van der Waals surface area contributed by atoms with Crippen LogP contribution in [0.15, 0.2) is 103 Å². The summed E-state index contributed by atoms with van der Waals surface area (Å²) < 4.78 is 0. The van der Waals surface area contributed by atoms with Gasteiger partial charge in [-0.05, 0) is 85.9 Å². The zero-order valence-electron chi connectivity index (χ0n) is 24.2. The lowest BCUT2D eigenvalue weighted by Crippen LogP contribution is -2.54. The third kappa shape index (κ3) is 6.80. The molecule has 1 saturated carbocycles. The first-order valence-electron chi connectivity index (χ1n) is 15.1. The minimum Gasteiger partial charge on any atom is -0.378 e. The Kier molecular flexibility index (Phi) is 9.38. The second-order valence-electron chi connectivity index (χ2n) is 11.6. The highest BCUT2D eigenvalue weighted by atomic mass is 16.3. The van der Waals surface area contributed by atoms with Gasteiger partial charge in [-0.25, -0.2) is 4.79 Å². The minimum absolute atomic E-state index is 0.155. The molecule has 0 aliphatic heterocycles. The van der Waals surface area contributed by atoms with Crippen LogP contribution in [0.5, 0.6) is 0 Å². The summed E-state index contributed by atoms with van der Waals surface area (Å²) in [4.78, 5) is 13.0. The molecule has 2 atom stereocenters. The van der Waals surface area contributed by atoms with E-state index in [9.17, 15) is 9.90 Å². The van der Waals surface area contributed by atoms with Crippen LogP contribution in [0.2, 0.25) is 0 Å². The van der Waals surface area contributed by atoms with Gasteiger partial charge in [-0.15, -0.1) is 0 Å². The predicted molar refractivity (Wildman–Crippen MR) is 168 cm³/mol. The van der Waals surface area contributed by atoms with E-state index in [-0.39, 0.29) is 12.1 Å². The Labute approximate surface area is 244 Å². The quantitative estimate of drug-likeness (QED) is 0.171. The van der Waals surface area contributed by atoms with Gasteiger partial charge in [0.25, 0.3) is 0 Å². The maximum absolute atomic E-state index is 13.0. The summed E-state index contributed by atoms with van der Waals surface area (Å²) >= 11 is 0. The largest absolute Gasteiger partial charge is 0.378 e. The number of hydrogen-bond acceptors (Lipinski definition) is 3. The first kappa shape index (κ1) is 28.8. The summed E-state index contributed by atoms with van der Waals surface area (Å²) in [6, 6.07) is 33.9. The molecule has 214 valence electrons. The lowest BCUT2D eigenvalue weighted by molar-refractivity contribution is 0.0470. The summed E-state index contributed by atoms with van der Waals surface area (Å²) in [5.74, 6) is 0.670. The molecule has 4 N–H and O–H groups in total. The normalized spacial score (nSPS) is 18.9. The molecule has 1 unspecified atom stereocenters. The molecule has 0 bridgehead atoms. The molecule has 5 heteroatoms. The summed E-state index contributed by atoms with van der Waals surface area (Å²) in [5.41, 5.74) is 1.52. The summed E-state index contributed by atoms with van der Waals surface area (Å²) in [6.45, 7) is 5.10. The van der Waals surface area contributed by atoms with E-state index in [4.69, 9.17) is 0 Å². The third-order valence-corrected chi connectivity index (χ3v) is 8.88. The van der Waals surface area contributed by atoms with Gasteiger partial charge in [0, 0.05) is 12.1 Å². The summed E-state index contributed by atoms with van der Waals surface area (Å²) in [7, 11) is 0. The summed E-state index contributed by atoms with van der Waals surface area (Å²) in [6.07, 6.45) is 5.33. The number of rotatable bonds is 10. The van der Waals surface area contributed by atoms with Crippen molar-refractivity contribution in [3.05, 3.63) is 120 Å². The highest BCUT2D eigenvalue weighted by molar-refractivity contribution is 5.86. The molecule has 5 nitrogen and oxygen atoms in total. The summed E-state index contributed by atoms with van der Waals surface area (Å²) in [5, 5.41) is 24.5. The van der Waals surface area contributed by atoms with Gasteiger partial charge in [-0.1, -0.05) is 103 Å². The van der Waals surface area contributed by atoms with Crippen LogP contribution in [0.4, 0.5) is 4.79 Å². The molecule has 2 amide bonds. The number of fused-ring (bicyclic) bond motifs is 1. The fourth-order valence-electron chi connectivity index (χ4n) is 6.42. The van der Waals surface area contributed by atoms with E-state index in [1.807, 2.05) is 67.6 Å². The van der Waals surface area contributed by atoms with Crippen molar-refractivity contribution in [2.75, 3.05) is 6.54 Å². The molecule has 0 spiro atoms.